The number of carbonyl (C=O) groups excluding carboxylic acids is 1. The first kappa shape index (κ1) is 18.1. The van der Waals surface area contributed by atoms with Gasteiger partial charge >= 0.3 is 5.97 Å². The minimum absolute atomic E-state index is 0.118. The number of hydrogen-bond acceptors (Lipinski definition) is 5. The molecule has 0 fully saturated rings. The van der Waals surface area contributed by atoms with E-state index in [1.54, 1.807) is 17.8 Å². The Labute approximate surface area is 144 Å². The molecule has 1 atom stereocenters. The van der Waals surface area contributed by atoms with Gasteiger partial charge in [-0.3, -0.25) is 9.59 Å². The predicted molar refractivity (Wildman–Crippen MR) is 91.3 cm³/mol. The first-order valence-corrected chi connectivity index (χ1v) is 8.76. The highest BCUT2D eigenvalue weighted by Crippen LogP contribution is 2.22. The standard InChI is InChI=1S/C17H20N2O4S/c1-10(2)15-8-14(19-23-15)17(22)18-13(9-16(20)21)11-4-6-12(24-3)7-5-11/h4-8,10,13H,9H2,1-3H3,(H,18,22)(H,20,21). The fraction of sp³-hybridized carbons (Fsp3) is 0.353. The van der Waals surface area contributed by atoms with Gasteiger partial charge in [0.2, 0.25) is 0 Å². The number of amides is 1. The molecular weight excluding hydrogens is 328 g/mol. The molecule has 2 N–H and O–H groups in total. The minimum Gasteiger partial charge on any atom is -0.481 e. The highest BCUT2D eigenvalue weighted by molar-refractivity contribution is 7.98. The van der Waals surface area contributed by atoms with Crippen molar-refractivity contribution in [2.24, 2.45) is 0 Å². The maximum atomic E-state index is 12.3. The second-order valence-electron chi connectivity index (χ2n) is 5.67. The van der Waals surface area contributed by atoms with E-state index in [4.69, 9.17) is 9.63 Å². The van der Waals surface area contributed by atoms with Crippen molar-refractivity contribution >= 4 is 23.6 Å². The Morgan fingerprint density at radius 3 is 2.46 bits per heavy atom. The van der Waals surface area contributed by atoms with Crippen LogP contribution in [0.5, 0.6) is 0 Å². The molecule has 1 unspecified atom stereocenters. The summed E-state index contributed by atoms with van der Waals surface area (Å²) in [7, 11) is 0. The van der Waals surface area contributed by atoms with Crippen LogP contribution in [-0.2, 0) is 4.79 Å². The summed E-state index contributed by atoms with van der Waals surface area (Å²) in [5, 5.41) is 15.6. The van der Waals surface area contributed by atoms with Gasteiger partial charge in [-0.25, -0.2) is 0 Å². The third-order valence-electron chi connectivity index (χ3n) is 3.53. The Kier molecular flexibility index (Phi) is 6.03. The summed E-state index contributed by atoms with van der Waals surface area (Å²) >= 11 is 1.59. The first-order chi connectivity index (χ1) is 11.4. The van der Waals surface area contributed by atoms with Crippen molar-refractivity contribution in [2.45, 2.75) is 37.1 Å². The smallest absolute Gasteiger partial charge is 0.305 e. The normalized spacial score (nSPS) is 12.2. The molecule has 1 amide bonds. The van der Waals surface area contributed by atoms with Gasteiger partial charge in [0.25, 0.3) is 5.91 Å². The first-order valence-electron chi connectivity index (χ1n) is 7.54. The molecule has 0 aliphatic rings. The van der Waals surface area contributed by atoms with Crippen molar-refractivity contribution in [3.63, 3.8) is 0 Å². The summed E-state index contributed by atoms with van der Waals surface area (Å²) in [5.41, 5.74) is 0.881. The number of hydrogen-bond donors (Lipinski definition) is 2. The van der Waals surface area contributed by atoms with Gasteiger partial charge in [-0.05, 0) is 24.0 Å². The summed E-state index contributed by atoms with van der Waals surface area (Å²) in [6.45, 7) is 3.87. The molecule has 0 saturated carbocycles. The summed E-state index contributed by atoms with van der Waals surface area (Å²) in [4.78, 5) is 24.5. The summed E-state index contributed by atoms with van der Waals surface area (Å²) in [6, 6.07) is 8.38. The molecule has 0 radical (unpaired) electrons. The molecule has 0 saturated heterocycles. The van der Waals surface area contributed by atoms with Gasteiger partial charge in [0.15, 0.2) is 5.69 Å². The molecular formula is C17H20N2O4S. The van der Waals surface area contributed by atoms with E-state index < -0.39 is 17.9 Å². The molecule has 1 aromatic heterocycles. The number of carboxylic acids is 1. The van der Waals surface area contributed by atoms with Gasteiger partial charge < -0.3 is 14.9 Å². The molecule has 0 aliphatic heterocycles. The van der Waals surface area contributed by atoms with E-state index in [0.29, 0.717) is 5.76 Å². The van der Waals surface area contributed by atoms with Gasteiger partial charge in [-0.1, -0.05) is 31.1 Å². The molecule has 128 valence electrons. The van der Waals surface area contributed by atoms with Crippen LogP contribution >= 0.6 is 11.8 Å². The van der Waals surface area contributed by atoms with E-state index in [1.807, 2.05) is 44.4 Å². The van der Waals surface area contributed by atoms with Crippen LogP contribution in [-0.4, -0.2) is 28.4 Å². The van der Waals surface area contributed by atoms with Crippen LogP contribution in [0.15, 0.2) is 39.8 Å². The summed E-state index contributed by atoms with van der Waals surface area (Å²) in [6.07, 6.45) is 1.75. The van der Waals surface area contributed by atoms with E-state index in [2.05, 4.69) is 10.5 Å². The monoisotopic (exact) mass is 348 g/mol. The second-order valence-corrected chi connectivity index (χ2v) is 6.55. The molecule has 6 nitrogen and oxygen atoms in total. The lowest BCUT2D eigenvalue weighted by molar-refractivity contribution is -0.137. The number of aromatic nitrogens is 1. The summed E-state index contributed by atoms with van der Waals surface area (Å²) < 4.78 is 5.12. The lowest BCUT2D eigenvalue weighted by Crippen LogP contribution is -2.30. The highest BCUT2D eigenvalue weighted by atomic mass is 32.2. The van der Waals surface area contributed by atoms with Crippen LogP contribution in [0.4, 0.5) is 0 Å². The molecule has 2 rings (SSSR count). The molecule has 0 aliphatic carbocycles. The molecule has 2 aromatic rings. The number of benzene rings is 1. The van der Waals surface area contributed by atoms with Crippen molar-refractivity contribution < 1.29 is 19.2 Å². The maximum absolute atomic E-state index is 12.3. The van der Waals surface area contributed by atoms with Crippen molar-refractivity contribution in [2.75, 3.05) is 6.26 Å². The quantitative estimate of drug-likeness (QED) is 0.744. The van der Waals surface area contributed by atoms with Crippen molar-refractivity contribution in [3.05, 3.63) is 47.3 Å². The largest absolute Gasteiger partial charge is 0.481 e. The zero-order valence-electron chi connectivity index (χ0n) is 13.8. The van der Waals surface area contributed by atoms with Crippen LogP contribution in [0, 0.1) is 0 Å². The third-order valence-corrected chi connectivity index (χ3v) is 4.28. The zero-order chi connectivity index (χ0) is 17.7. The molecule has 7 heteroatoms. The lowest BCUT2D eigenvalue weighted by atomic mass is 10.0. The zero-order valence-corrected chi connectivity index (χ0v) is 14.6. The van der Waals surface area contributed by atoms with Crippen LogP contribution in [0.2, 0.25) is 0 Å². The third kappa shape index (κ3) is 4.61. The number of nitrogens with zero attached hydrogens (tertiary/aromatic N) is 1. The fourth-order valence-electron chi connectivity index (χ4n) is 2.16. The number of rotatable bonds is 7. The number of thioether (sulfide) groups is 1. The van der Waals surface area contributed by atoms with E-state index in [-0.39, 0.29) is 18.0 Å². The van der Waals surface area contributed by atoms with Gasteiger partial charge in [0.1, 0.15) is 5.76 Å². The Hall–Kier alpha value is -2.28. The molecule has 24 heavy (non-hydrogen) atoms. The van der Waals surface area contributed by atoms with Gasteiger partial charge in [-0.2, -0.15) is 0 Å². The van der Waals surface area contributed by atoms with Crippen molar-refractivity contribution in [3.8, 4) is 0 Å². The average molecular weight is 348 g/mol. The van der Waals surface area contributed by atoms with Gasteiger partial charge in [-0.15, -0.1) is 11.8 Å². The van der Waals surface area contributed by atoms with E-state index >= 15 is 0 Å². The topological polar surface area (TPSA) is 92.4 Å². The number of nitrogens with one attached hydrogen (secondary N) is 1. The Balaban J connectivity index is 2.17. The van der Waals surface area contributed by atoms with Crippen molar-refractivity contribution in [1.82, 2.24) is 10.5 Å². The lowest BCUT2D eigenvalue weighted by Gasteiger charge is -2.17. The van der Waals surface area contributed by atoms with E-state index in [0.717, 1.165) is 10.5 Å². The molecule has 0 spiro atoms. The van der Waals surface area contributed by atoms with E-state index in [9.17, 15) is 9.59 Å². The maximum Gasteiger partial charge on any atom is 0.305 e. The van der Waals surface area contributed by atoms with Crippen LogP contribution in [0.25, 0.3) is 0 Å². The van der Waals surface area contributed by atoms with E-state index in [1.165, 1.54) is 0 Å². The Morgan fingerprint density at radius 2 is 1.96 bits per heavy atom. The fourth-order valence-corrected chi connectivity index (χ4v) is 2.57. The minimum atomic E-state index is -0.989. The summed E-state index contributed by atoms with van der Waals surface area (Å²) in [5.74, 6) is -0.713. The van der Waals surface area contributed by atoms with Crippen LogP contribution in [0.3, 0.4) is 0 Å². The van der Waals surface area contributed by atoms with Crippen LogP contribution in [0.1, 0.15) is 54.0 Å². The Bertz CT molecular complexity index is 710. The van der Waals surface area contributed by atoms with Crippen molar-refractivity contribution in [1.29, 1.82) is 0 Å². The molecule has 0 bridgehead atoms. The molecule has 1 heterocycles. The highest BCUT2D eigenvalue weighted by Gasteiger charge is 2.21. The SMILES string of the molecule is CSc1ccc(C(CC(=O)O)NC(=O)c2cc(C(C)C)on2)cc1. The predicted octanol–water partition coefficient (Wildman–Crippen LogP) is 3.47. The number of carbonyl (C=O) groups is 2. The number of aliphatic carboxylic acids is 1. The molecule has 1 aromatic carbocycles. The van der Waals surface area contributed by atoms with Gasteiger partial charge in [0, 0.05) is 16.9 Å². The average Bonchev–Trinajstić information content (AvgIpc) is 3.04. The van der Waals surface area contributed by atoms with Gasteiger partial charge in [0.05, 0.1) is 12.5 Å². The second kappa shape index (κ2) is 8.01. The number of carboxylic acid groups (broad SMARTS) is 1. The Morgan fingerprint density at radius 1 is 1.29 bits per heavy atom. The van der Waals surface area contributed by atoms with Crippen LogP contribution < -0.4 is 5.32 Å².